The van der Waals surface area contributed by atoms with Crippen LogP contribution in [-0.2, 0) is 11.3 Å². The van der Waals surface area contributed by atoms with Crippen LogP contribution in [0.2, 0.25) is 6.82 Å². The molecule has 0 radical (unpaired) electrons. The zero-order chi connectivity index (χ0) is 18.1. The van der Waals surface area contributed by atoms with E-state index in [9.17, 15) is 4.79 Å². The smallest absolute Gasteiger partial charge is 0.324 e. The summed E-state index contributed by atoms with van der Waals surface area (Å²) < 4.78 is 11.6. The Bertz CT molecular complexity index is 801. The van der Waals surface area contributed by atoms with Crippen LogP contribution in [0.15, 0.2) is 42.5 Å². The van der Waals surface area contributed by atoms with Gasteiger partial charge in [0.1, 0.15) is 11.5 Å². The summed E-state index contributed by atoms with van der Waals surface area (Å²) in [6, 6.07) is 13.5. The third kappa shape index (κ3) is 3.48. The van der Waals surface area contributed by atoms with Gasteiger partial charge in [-0.2, -0.15) is 0 Å². The van der Waals surface area contributed by atoms with Crippen molar-refractivity contribution in [2.45, 2.75) is 13.4 Å². The highest BCUT2D eigenvalue weighted by molar-refractivity contribution is 6.67. The number of nitrogens with zero attached hydrogens (tertiary/aromatic N) is 2. The molecule has 2 aliphatic rings. The molecule has 4 rings (SSSR count). The number of rotatable bonds is 3. The number of benzene rings is 2. The summed E-state index contributed by atoms with van der Waals surface area (Å²) in [6.07, 6.45) is 0. The Morgan fingerprint density at radius 1 is 1.04 bits per heavy atom. The van der Waals surface area contributed by atoms with Gasteiger partial charge in [0.25, 0.3) is 5.91 Å². The molecule has 0 aliphatic carbocycles. The first-order valence-electron chi connectivity index (χ1n) is 9.10. The van der Waals surface area contributed by atoms with Crippen molar-refractivity contribution in [1.29, 1.82) is 0 Å². The number of amides is 1. The lowest BCUT2D eigenvalue weighted by Crippen LogP contribution is -2.47. The summed E-state index contributed by atoms with van der Waals surface area (Å²) >= 11 is 0. The highest BCUT2D eigenvalue weighted by Gasteiger charge is 2.23. The van der Waals surface area contributed by atoms with Gasteiger partial charge in [0.2, 0.25) is 0 Å². The molecule has 2 aromatic carbocycles. The minimum absolute atomic E-state index is 0.0910. The first-order chi connectivity index (χ1) is 12.6. The average molecular weight is 350 g/mol. The van der Waals surface area contributed by atoms with E-state index in [2.05, 4.69) is 24.8 Å². The standard InChI is InChI=1S/C20H23BN2O3/c1-21-19-8-7-18(13-16(19)14-25-21)26-17-5-3-15(4-6-17)20(24)23-11-9-22(2)10-12-23/h3-8,13H,9-12,14H2,1-2H3. The zero-order valence-corrected chi connectivity index (χ0v) is 15.3. The van der Waals surface area contributed by atoms with Gasteiger partial charge in [0.15, 0.2) is 0 Å². The number of ether oxygens (including phenoxy) is 1. The van der Waals surface area contributed by atoms with Crippen molar-refractivity contribution in [3.63, 3.8) is 0 Å². The summed E-state index contributed by atoms with van der Waals surface area (Å²) in [7, 11) is 2.08. The molecule has 0 spiro atoms. The molecular weight excluding hydrogens is 327 g/mol. The van der Waals surface area contributed by atoms with Crippen LogP contribution in [0.3, 0.4) is 0 Å². The number of carbonyl (C=O) groups excluding carboxylic acids is 1. The molecule has 1 fully saturated rings. The first kappa shape index (κ1) is 17.1. The van der Waals surface area contributed by atoms with Gasteiger partial charge in [-0.05, 0) is 54.5 Å². The van der Waals surface area contributed by atoms with Gasteiger partial charge in [-0.3, -0.25) is 4.79 Å². The van der Waals surface area contributed by atoms with E-state index in [1.807, 2.05) is 41.3 Å². The predicted octanol–water partition coefficient (Wildman–Crippen LogP) is 2.23. The van der Waals surface area contributed by atoms with Gasteiger partial charge in [0, 0.05) is 31.7 Å². The van der Waals surface area contributed by atoms with E-state index in [0.717, 1.165) is 37.7 Å². The van der Waals surface area contributed by atoms with Crippen LogP contribution >= 0.6 is 0 Å². The lowest BCUT2D eigenvalue weighted by Gasteiger charge is -2.32. The minimum atomic E-state index is 0.0910. The van der Waals surface area contributed by atoms with Crippen molar-refractivity contribution in [2.24, 2.45) is 0 Å². The SMILES string of the molecule is CB1OCc2cc(Oc3ccc(C(=O)N4CCN(C)CC4)cc3)ccc21. The lowest BCUT2D eigenvalue weighted by molar-refractivity contribution is 0.0664. The molecule has 0 unspecified atom stereocenters. The fourth-order valence-corrected chi connectivity index (χ4v) is 3.47. The van der Waals surface area contributed by atoms with Gasteiger partial charge >= 0.3 is 6.92 Å². The maximum atomic E-state index is 12.6. The molecule has 5 nitrogen and oxygen atoms in total. The predicted molar refractivity (Wildman–Crippen MR) is 102 cm³/mol. The second-order valence-electron chi connectivity index (χ2n) is 7.04. The van der Waals surface area contributed by atoms with Gasteiger partial charge in [-0.15, -0.1) is 0 Å². The van der Waals surface area contributed by atoms with E-state index in [-0.39, 0.29) is 12.8 Å². The Kier molecular flexibility index (Phi) is 4.70. The van der Waals surface area contributed by atoms with Crippen molar-refractivity contribution >= 4 is 18.3 Å². The third-order valence-corrected chi connectivity index (χ3v) is 5.17. The van der Waals surface area contributed by atoms with E-state index in [0.29, 0.717) is 12.2 Å². The van der Waals surface area contributed by atoms with E-state index < -0.39 is 0 Å². The Hall–Kier alpha value is -2.31. The van der Waals surface area contributed by atoms with E-state index in [1.165, 1.54) is 11.0 Å². The van der Waals surface area contributed by atoms with Crippen molar-refractivity contribution in [1.82, 2.24) is 9.80 Å². The molecule has 0 aromatic heterocycles. The summed E-state index contributed by atoms with van der Waals surface area (Å²) in [5.41, 5.74) is 3.11. The van der Waals surface area contributed by atoms with Crippen LogP contribution < -0.4 is 10.2 Å². The number of hydrogen-bond donors (Lipinski definition) is 0. The molecule has 0 N–H and O–H groups in total. The molecule has 26 heavy (non-hydrogen) atoms. The fourth-order valence-electron chi connectivity index (χ4n) is 3.47. The number of hydrogen-bond acceptors (Lipinski definition) is 4. The van der Waals surface area contributed by atoms with E-state index in [1.54, 1.807) is 0 Å². The van der Waals surface area contributed by atoms with Gasteiger partial charge in [0.05, 0.1) is 6.61 Å². The summed E-state index contributed by atoms with van der Waals surface area (Å²) in [5.74, 6) is 1.61. The molecule has 2 aliphatic heterocycles. The number of piperazine rings is 1. The molecule has 2 heterocycles. The summed E-state index contributed by atoms with van der Waals surface area (Å²) in [4.78, 5) is 16.7. The largest absolute Gasteiger partial charge is 0.457 e. The number of fused-ring (bicyclic) bond motifs is 1. The highest BCUT2D eigenvalue weighted by atomic mass is 16.5. The Morgan fingerprint density at radius 2 is 1.73 bits per heavy atom. The molecule has 134 valence electrons. The Balaban J connectivity index is 1.42. The minimum Gasteiger partial charge on any atom is -0.457 e. The second kappa shape index (κ2) is 7.13. The van der Waals surface area contributed by atoms with Crippen molar-refractivity contribution in [3.8, 4) is 11.5 Å². The van der Waals surface area contributed by atoms with Crippen LogP contribution in [0.1, 0.15) is 15.9 Å². The maximum absolute atomic E-state index is 12.6. The maximum Gasteiger partial charge on any atom is 0.324 e. The molecule has 0 bridgehead atoms. The molecule has 1 saturated heterocycles. The van der Waals surface area contributed by atoms with Crippen LogP contribution in [0.25, 0.3) is 0 Å². The van der Waals surface area contributed by atoms with Gasteiger partial charge < -0.3 is 19.2 Å². The summed E-state index contributed by atoms with van der Waals surface area (Å²) in [6.45, 7) is 6.25. The topological polar surface area (TPSA) is 42.0 Å². The van der Waals surface area contributed by atoms with Crippen LogP contribution in [0, 0.1) is 0 Å². The van der Waals surface area contributed by atoms with Gasteiger partial charge in [-0.25, -0.2) is 0 Å². The van der Waals surface area contributed by atoms with E-state index >= 15 is 0 Å². The second-order valence-corrected chi connectivity index (χ2v) is 7.04. The quantitative estimate of drug-likeness (QED) is 0.797. The monoisotopic (exact) mass is 350 g/mol. The van der Waals surface area contributed by atoms with E-state index in [4.69, 9.17) is 9.39 Å². The summed E-state index contributed by atoms with van der Waals surface area (Å²) in [5, 5.41) is 0. The molecule has 0 atom stereocenters. The Labute approximate surface area is 154 Å². The lowest BCUT2D eigenvalue weighted by atomic mass is 9.64. The van der Waals surface area contributed by atoms with Crippen molar-refractivity contribution in [2.75, 3.05) is 33.2 Å². The number of likely N-dealkylation sites (N-methyl/N-ethyl adjacent to an activating group) is 1. The molecule has 6 heteroatoms. The van der Waals surface area contributed by atoms with Crippen LogP contribution in [-0.4, -0.2) is 55.8 Å². The third-order valence-electron chi connectivity index (χ3n) is 5.17. The van der Waals surface area contributed by atoms with Gasteiger partial charge in [-0.1, -0.05) is 12.9 Å². The zero-order valence-electron chi connectivity index (χ0n) is 15.3. The van der Waals surface area contributed by atoms with Crippen LogP contribution in [0.4, 0.5) is 0 Å². The highest BCUT2D eigenvalue weighted by Crippen LogP contribution is 2.24. The van der Waals surface area contributed by atoms with Crippen molar-refractivity contribution in [3.05, 3.63) is 53.6 Å². The normalized spacial score (nSPS) is 17.3. The molecule has 2 aromatic rings. The fraction of sp³-hybridized carbons (Fsp3) is 0.350. The van der Waals surface area contributed by atoms with Crippen LogP contribution in [0.5, 0.6) is 11.5 Å². The molecule has 1 amide bonds. The van der Waals surface area contributed by atoms with Crippen molar-refractivity contribution < 1.29 is 14.2 Å². The first-order valence-corrected chi connectivity index (χ1v) is 9.10. The average Bonchev–Trinajstić information content (AvgIpc) is 3.03. The molecular formula is C20H23BN2O3. The molecule has 0 saturated carbocycles. The Morgan fingerprint density at radius 3 is 2.46 bits per heavy atom. The number of carbonyl (C=O) groups is 1.